The van der Waals surface area contributed by atoms with Crippen molar-refractivity contribution in [2.24, 2.45) is 0 Å². The van der Waals surface area contributed by atoms with E-state index in [1.54, 1.807) is 30.6 Å². The summed E-state index contributed by atoms with van der Waals surface area (Å²) in [7, 11) is 2.06. The van der Waals surface area contributed by atoms with E-state index in [-0.39, 0.29) is 5.91 Å². The van der Waals surface area contributed by atoms with Gasteiger partial charge in [0.2, 0.25) is 5.95 Å². The number of amides is 1. The topological polar surface area (TPSA) is 74.2 Å². The summed E-state index contributed by atoms with van der Waals surface area (Å²) in [4.78, 5) is 30.0. The third kappa shape index (κ3) is 4.70. The van der Waals surface area contributed by atoms with Crippen molar-refractivity contribution in [3.63, 3.8) is 0 Å². The van der Waals surface area contributed by atoms with Crippen LogP contribution in [0.15, 0.2) is 54.9 Å². The Labute approximate surface area is 174 Å². The Morgan fingerprint density at radius 3 is 2.62 bits per heavy atom. The Kier molecular flexibility index (Phi) is 5.69. The molecule has 29 heavy (non-hydrogen) atoms. The molecule has 0 saturated carbocycles. The monoisotopic (exact) mass is 408 g/mol. The molecule has 1 N–H and O–H groups in total. The van der Waals surface area contributed by atoms with Crippen molar-refractivity contribution >= 4 is 29.1 Å². The highest BCUT2D eigenvalue weighted by atomic mass is 35.5. The van der Waals surface area contributed by atoms with Crippen molar-refractivity contribution < 1.29 is 4.79 Å². The van der Waals surface area contributed by atoms with Gasteiger partial charge in [0.05, 0.1) is 5.69 Å². The molecule has 7 nitrogen and oxygen atoms in total. The molecule has 0 atom stereocenters. The van der Waals surface area contributed by atoms with Crippen molar-refractivity contribution in [2.75, 3.05) is 38.5 Å². The Balaban J connectivity index is 1.54. The van der Waals surface area contributed by atoms with E-state index in [0.29, 0.717) is 35.4 Å². The summed E-state index contributed by atoms with van der Waals surface area (Å²) in [5, 5.41) is 3.78. The van der Waals surface area contributed by atoms with Gasteiger partial charge in [-0.15, -0.1) is 0 Å². The summed E-state index contributed by atoms with van der Waals surface area (Å²) < 4.78 is 0. The van der Waals surface area contributed by atoms with E-state index >= 15 is 0 Å². The second-order valence-electron chi connectivity index (χ2n) is 6.93. The molecule has 148 valence electrons. The maximum absolute atomic E-state index is 12.8. The van der Waals surface area contributed by atoms with Gasteiger partial charge in [-0.2, -0.15) is 0 Å². The van der Waals surface area contributed by atoms with E-state index in [9.17, 15) is 4.79 Å². The average Bonchev–Trinajstić information content (AvgIpc) is 2.74. The molecule has 1 aromatic carbocycles. The lowest BCUT2D eigenvalue weighted by Gasteiger charge is -2.32. The highest BCUT2D eigenvalue weighted by Crippen LogP contribution is 2.22. The molecule has 8 heteroatoms. The fourth-order valence-corrected chi connectivity index (χ4v) is 3.34. The fraction of sp³-hybridized carbons (Fsp3) is 0.238. The minimum absolute atomic E-state index is 0.0497. The number of nitrogens with one attached hydrogen (secondary N) is 1. The van der Waals surface area contributed by atoms with Gasteiger partial charge in [0.1, 0.15) is 5.69 Å². The maximum atomic E-state index is 12.8. The lowest BCUT2D eigenvalue weighted by Crippen LogP contribution is -2.47. The number of aromatic nitrogens is 3. The molecule has 1 aliphatic heterocycles. The van der Waals surface area contributed by atoms with Gasteiger partial charge in [0.15, 0.2) is 0 Å². The number of carbonyl (C=O) groups is 1. The van der Waals surface area contributed by atoms with Crippen molar-refractivity contribution in [2.45, 2.75) is 0 Å². The van der Waals surface area contributed by atoms with Crippen LogP contribution in [0.1, 0.15) is 10.5 Å². The van der Waals surface area contributed by atoms with Crippen molar-refractivity contribution in [1.29, 1.82) is 0 Å². The van der Waals surface area contributed by atoms with Crippen LogP contribution in [0.3, 0.4) is 0 Å². The molecule has 3 heterocycles. The summed E-state index contributed by atoms with van der Waals surface area (Å²) in [6.07, 6.45) is 3.32. The van der Waals surface area contributed by atoms with Crippen LogP contribution in [0.5, 0.6) is 0 Å². The number of rotatable bonds is 4. The van der Waals surface area contributed by atoms with E-state index in [4.69, 9.17) is 11.6 Å². The Bertz CT molecular complexity index is 1020. The number of halogens is 1. The lowest BCUT2D eigenvalue weighted by atomic mass is 10.1. The molecule has 4 rings (SSSR count). The van der Waals surface area contributed by atoms with Crippen LogP contribution in [-0.2, 0) is 0 Å². The molecule has 3 aromatic rings. The minimum Gasteiger partial charge on any atom is -0.335 e. The first-order chi connectivity index (χ1) is 14.1. The number of carbonyl (C=O) groups excluding carboxylic acids is 1. The first kappa shape index (κ1) is 19.3. The lowest BCUT2D eigenvalue weighted by molar-refractivity contribution is 0.0658. The second-order valence-corrected chi connectivity index (χ2v) is 7.36. The van der Waals surface area contributed by atoms with E-state index in [0.717, 1.165) is 24.3 Å². The standard InChI is InChI=1S/C21H21ClN6O/c1-27-9-11-28(12-10-27)20(29)19-13-15(5-7-23-19)18-6-8-24-21(26-18)25-17-4-2-3-16(22)14-17/h2-8,13-14H,9-12H2,1H3,(H,24,25,26). The SMILES string of the molecule is CN1CCN(C(=O)c2cc(-c3ccnc(Nc4cccc(Cl)c4)n3)ccn2)CC1. The average molecular weight is 409 g/mol. The van der Waals surface area contributed by atoms with Gasteiger partial charge in [0, 0.05) is 54.8 Å². The number of pyridine rings is 1. The number of anilines is 2. The highest BCUT2D eigenvalue weighted by Gasteiger charge is 2.21. The maximum Gasteiger partial charge on any atom is 0.272 e. The van der Waals surface area contributed by atoms with E-state index in [1.165, 1.54) is 0 Å². The molecule has 2 aromatic heterocycles. The summed E-state index contributed by atoms with van der Waals surface area (Å²) in [5.74, 6) is 0.403. The van der Waals surface area contributed by atoms with Gasteiger partial charge in [-0.3, -0.25) is 9.78 Å². The van der Waals surface area contributed by atoms with Crippen molar-refractivity contribution in [3.05, 3.63) is 65.6 Å². The molecular weight excluding hydrogens is 388 g/mol. The molecular formula is C21H21ClN6O. The number of hydrogen-bond acceptors (Lipinski definition) is 6. The summed E-state index contributed by atoms with van der Waals surface area (Å²) in [5.41, 5.74) is 2.75. The summed E-state index contributed by atoms with van der Waals surface area (Å²) >= 11 is 6.03. The number of piperazine rings is 1. The van der Waals surface area contributed by atoms with Crippen LogP contribution in [0, 0.1) is 0 Å². The fourth-order valence-electron chi connectivity index (χ4n) is 3.15. The van der Waals surface area contributed by atoms with Gasteiger partial charge in [-0.1, -0.05) is 17.7 Å². The van der Waals surface area contributed by atoms with Crippen LogP contribution in [0.2, 0.25) is 5.02 Å². The van der Waals surface area contributed by atoms with Crippen molar-refractivity contribution in [3.8, 4) is 11.3 Å². The Morgan fingerprint density at radius 1 is 1.03 bits per heavy atom. The van der Waals surface area contributed by atoms with Gasteiger partial charge < -0.3 is 15.1 Å². The molecule has 1 aliphatic rings. The molecule has 0 bridgehead atoms. The first-order valence-corrected chi connectivity index (χ1v) is 9.76. The molecule has 0 unspecified atom stereocenters. The molecule has 0 spiro atoms. The normalized spacial score (nSPS) is 14.6. The molecule has 1 fully saturated rings. The number of nitrogens with zero attached hydrogens (tertiary/aromatic N) is 5. The van der Waals surface area contributed by atoms with E-state index in [2.05, 4.69) is 32.2 Å². The quantitative estimate of drug-likeness (QED) is 0.713. The smallest absolute Gasteiger partial charge is 0.272 e. The zero-order valence-electron chi connectivity index (χ0n) is 16.0. The summed E-state index contributed by atoms with van der Waals surface area (Å²) in [6.45, 7) is 3.16. The zero-order valence-corrected chi connectivity index (χ0v) is 16.8. The van der Waals surface area contributed by atoms with Crippen LogP contribution >= 0.6 is 11.6 Å². The second kappa shape index (κ2) is 8.55. The number of benzene rings is 1. The largest absolute Gasteiger partial charge is 0.335 e. The minimum atomic E-state index is -0.0497. The van der Waals surface area contributed by atoms with Crippen LogP contribution in [0.25, 0.3) is 11.3 Å². The van der Waals surface area contributed by atoms with E-state index in [1.807, 2.05) is 29.2 Å². The van der Waals surface area contributed by atoms with Gasteiger partial charge in [-0.05, 0) is 43.4 Å². The van der Waals surface area contributed by atoms with Crippen LogP contribution in [0.4, 0.5) is 11.6 Å². The predicted molar refractivity (Wildman–Crippen MR) is 113 cm³/mol. The summed E-state index contributed by atoms with van der Waals surface area (Å²) in [6, 6.07) is 12.8. The van der Waals surface area contributed by atoms with Gasteiger partial charge in [-0.25, -0.2) is 9.97 Å². The predicted octanol–water partition coefficient (Wildman–Crippen LogP) is 3.32. The van der Waals surface area contributed by atoms with Crippen LogP contribution in [-0.4, -0.2) is 63.9 Å². The van der Waals surface area contributed by atoms with Gasteiger partial charge >= 0.3 is 0 Å². The molecule has 0 aliphatic carbocycles. The molecule has 0 radical (unpaired) electrons. The molecule has 1 amide bonds. The Hall–Kier alpha value is -3.03. The third-order valence-corrected chi connectivity index (χ3v) is 5.04. The number of likely N-dealkylation sites (N-methyl/N-ethyl adjacent to an activating group) is 1. The van der Waals surface area contributed by atoms with Crippen molar-refractivity contribution in [1.82, 2.24) is 24.8 Å². The van der Waals surface area contributed by atoms with Gasteiger partial charge in [0.25, 0.3) is 5.91 Å². The zero-order chi connectivity index (χ0) is 20.2. The first-order valence-electron chi connectivity index (χ1n) is 9.38. The molecule has 1 saturated heterocycles. The number of hydrogen-bond donors (Lipinski definition) is 1. The third-order valence-electron chi connectivity index (χ3n) is 4.80. The van der Waals surface area contributed by atoms with Crippen LogP contribution < -0.4 is 5.32 Å². The highest BCUT2D eigenvalue weighted by molar-refractivity contribution is 6.30. The Morgan fingerprint density at radius 2 is 1.83 bits per heavy atom. The van der Waals surface area contributed by atoms with E-state index < -0.39 is 0 Å².